The molecule has 2 aromatic carbocycles. The molecule has 1 saturated heterocycles. The molecule has 0 spiro atoms. The standard InChI is InChI=1S/C22H21FN4O4S/c23-18-9-5-4-8-17(18)21-24-25-22(27(21)16-6-2-1-3-7-16)32-15-20(29)31-14-19(28)26-10-12-30-13-11-26/h1-9H,10-15H2. The number of ether oxygens (including phenoxy) is 2. The van der Waals surface area contributed by atoms with Crippen LogP contribution in [0.5, 0.6) is 0 Å². The highest BCUT2D eigenvalue weighted by Crippen LogP contribution is 2.29. The normalized spacial score (nSPS) is 13.7. The summed E-state index contributed by atoms with van der Waals surface area (Å²) in [6, 6.07) is 15.6. The van der Waals surface area contributed by atoms with Crippen LogP contribution < -0.4 is 0 Å². The lowest BCUT2D eigenvalue weighted by Gasteiger charge is -2.26. The molecule has 3 aromatic rings. The molecule has 1 aromatic heterocycles. The molecule has 0 atom stereocenters. The number of carbonyl (C=O) groups is 2. The zero-order chi connectivity index (χ0) is 22.3. The summed E-state index contributed by atoms with van der Waals surface area (Å²) >= 11 is 1.11. The smallest absolute Gasteiger partial charge is 0.316 e. The van der Waals surface area contributed by atoms with Gasteiger partial charge in [-0.25, -0.2) is 4.39 Å². The van der Waals surface area contributed by atoms with E-state index >= 15 is 0 Å². The SMILES string of the molecule is O=C(CSc1nnc(-c2ccccc2F)n1-c1ccccc1)OCC(=O)N1CCOCC1. The molecular formula is C22H21FN4O4S. The molecule has 0 bridgehead atoms. The lowest BCUT2D eigenvalue weighted by molar-refractivity contribution is -0.151. The summed E-state index contributed by atoms with van der Waals surface area (Å²) in [5, 5.41) is 8.74. The average Bonchev–Trinajstić information content (AvgIpc) is 3.26. The highest BCUT2D eigenvalue weighted by atomic mass is 32.2. The monoisotopic (exact) mass is 456 g/mol. The van der Waals surface area contributed by atoms with Crippen molar-refractivity contribution in [3.05, 3.63) is 60.4 Å². The number of benzene rings is 2. The lowest BCUT2D eigenvalue weighted by atomic mass is 10.2. The van der Waals surface area contributed by atoms with Crippen molar-refractivity contribution in [2.24, 2.45) is 0 Å². The van der Waals surface area contributed by atoms with Crippen LogP contribution in [0.2, 0.25) is 0 Å². The third-order valence-corrected chi connectivity index (χ3v) is 5.70. The van der Waals surface area contributed by atoms with E-state index in [4.69, 9.17) is 9.47 Å². The molecule has 166 valence electrons. The number of rotatable bonds is 7. The maximum absolute atomic E-state index is 14.4. The fraction of sp³-hybridized carbons (Fsp3) is 0.273. The number of aromatic nitrogens is 3. The third kappa shape index (κ3) is 5.14. The minimum Gasteiger partial charge on any atom is -0.455 e. The molecule has 0 radical (unpaired) electrons. The van der Waals surface area contributed by atoms with Crippen LogP contribution >= 0.6 is 11.8 Å². The number of hydrogen-bond acceptors (Lipinski definition) is 7. The maximum Gasteiger partial charge on any atom is 0.316 e. The topological polar surface area (TPSA) is 86.6 Å². The first-order valence-corrected chi connectivity index (χ1v) is 11.0. The van der Waals surface area contributed by atoms with Crippen molar-refractivity contribution in [1.82, 2.24) is 19.7 Å². The number of nitrogens with zero attached hydrogens (tertiary/aromatic N) is 4. The number of amides is 1. The number of hydrogen-bond donors (Lipinski definition) is 0. The van der Waals surface area contributed by atoms with E-state index < -0.39 is 11.8 Å². The van der Waals surface area contributed by atoms with Crippen molar-refractivity contribution in [1.29, 1.82) is 0 Å². The molecule has 1 amide bonds. The fourth-order valence-electron chi connectivity index (χ4n) is 3.20. The Kier molecular flexibility index (Phi) is 7.13. The summed E-state index contributed by atoms with van der Waals surface area (Å²) < 4.78 is 26.4. The molecule has 8 nitrogen and oxygen atoms in total. The minimum atomic E-state index is -0.549. The summed E-state index contributed by atoms with van der Waals surface area (Å²) in [4.78, 5) is 26.0. The second-order valence-corrected chi connectivity index (χ2v) is 7.84. The first kappa shape index (κ1) is 22.0. The predicted molar refractivity (Wildman–Crippen MR) is 116 cm³/mol. The van der Waals surface area contributed by atoms with Gasteiger partial charge < -0.3 is 14.4 Å². The van der Waals surface area contributed by atoms with E-state index in [0.29, 0.717) is 42.8 Å². The van der Waals surface area contributed by atoms with Gasteiger partial charge in [-0.2, -0.15) is 0 Å². The average molecular weight is 456 g/mol. The molecule has 0 N–H and O–H groups in total. The second-order valence-electron chi connectivity index (χ2n) is 6.90. The summed E-state index contributed by atoms with van der Waals surface area (Å²) in [5.41, 5.74) is 1.03. The van der Waals surface area contributed by atoms with Gasteiger partial charge in [0, 0.05) is 18.8 Å². The summed E-state index contributed by atoms with van der Waals surface area (Å²) in [5.74, 6) is -0.964. The summed E-state index contributed by atoms with van der Waals surface area (Å²) in [6.07, 6.45) is 0. The fourth-order valence-corrected chi connectivity index (χ4v) is 3.95. The van der Waals surface area contributed by atoms with Crippen molar-refractivity contribution in [2.45, 2.75) is 5.16 Å². The van der Waals surface area contributed by atoms with E-state index in [1.165, 1.54) is 6.07 Å². The molecule has 10 heteroatoms. The zero-order valence-electron chi connectivity index (χ0n) is 17.1. The first-order valence-electron chi connectivity index (χ1n) is 10.0. The van der Waals surface area contributed by atoms with Crippen LogP contribution in [-0.4, -0.2) is 70.2 Å². The number of thioether (sulfide) groups is 1. The Morgan fingerprint density at radius 3 is 2.50 bits per heavy atom. The van der Waals surface area contributed by atoms with Crippen LogP contribution in [0, 0.1) is 5.82 Å². The number of esters is 1. The van der Waals surface area contributed by atoms with Crippen molar-refractivity contribution >= 4 is 23.6 Å². The van der Waals surface area contributed by atoms with Crippen LogP contribution in [0.25, 0.3) is 17.1 Å². The van der Waals surface area contributed by atoms with Gasteiger partial charge in [0.2, 0.25) is 0 Å². The lowest BCUT2D eigenvalue weighted by Crippen LogP contribution is -2.42. The first-order chi connectivity index (χ1) is 15.6. The number of para-hydroxylation sites is 1. The van der Waals surface area contributed by atoms with Crippen molar-refractivity contribution in [2.75, 3.05) is 38.7 Å². The Morgan fingerprint density at radius 1 is 1.03 bits per heavy atom. The highest BCUT2D eigenvalue weighted by molar-refractivity contribution is 7.99. The van der Waals surface area contributed by atoms with Crippen LogP contribution in [0.15, 0.2) is 59.8 Å². The number of carbonyl (C=O) groups excluding carboxylic acids is 2. The van der Waals surface area contributed by atoms with Crippen LogP contribution in [0.4, 0.5) is 4.39 Å². The Morgan fingerprint density at radius 2 is 1.75 bits per heavy atom. The third-order valence-electron chi connectivity index (χ3n) is 4.80. The van der Waals surface area contributed by atoms with Crippen LogP contribution in [-0.2, 0) is 19.1 Å². The Labute approximate surface area is 188 Å². The maximum atomic E-state index is 14.4. The largest absolute Gasteiger partial charge is 0.455 e. The number of morpholine rings is 1. The van der Waals surface area contributed by atoms with Crippen LogP contribution in [0.1, 0.15) is 0 Å². The second kappa shape index (κ2) is 10.4. The van der Waals surface area contributed by atoms with E-state index in [1.54, 1.807) is 27.7 Å². The molecule has 1 aliphatic heterocycles. The molecule has 0 saturated carbocycles. The van der Waals surface area contributed by atoms with Gasteiger partial charge in [0.25, 0.3) is 5.91 Å². The molecule has 0 aliphatic carbocycles. The van der Waals surface area contributed by atoms with Crippen molar-refractivity contribution in [3.8, 4) is 17.1 Å². The highest BCUT2D eigenvalue weighted by Gasteiger charge is 2.21. The summed E-state index contributed by atoms with van der Waals surface area (Å²) in [7, 11) is 0. The Bertz CT molecular complexity index is 1090. The molecule has 4 rings (SSSR count). The Hall–Kier alpha value is -3.24. The molecule has 1 aliphatic rings. The van der Waals surface area contributed by atoms with Gasteiger partial charge in [0.1, 0.15) is 5.82 Å². The van der Waals surface area contributed by atoms with Gasteiger partial charge in [0.05, 0.1) is 24.5 Å². The Balaban J connectivity index is 1.46. The van der Waals surface area contributed by atoms with Gasteiger partial charge in [0.15, 0.2) is 17.6 Å². The zero-order valence-corrected chi connectivity index (χ0v) is 18.0. The van der Waals surface area contributed by atoms with Gasteiger partial charge in [-0.05, 0) is 24.3 Å². The van der Waals surface area contributed by atoms with E-state index in [2.05, 4.69) is 10.2 Å². The molecule has 32 heavy (non-hydrogen) atoms. The van der Waals surface area contributed by atoms with E-state index in [9.17, 15) is 14.0 Å². The molecule has 0 unspecified atom stereocenters. The van der Waals surface area contributed by atoms with Gasteiger partial charge in [-0.3, -0.25) is 14.2 Å². The van der Waals surface area contributed by atoms with Crippen LogP contribution in [0.3, 0.4) is 0 Å². The van der Waals surface area contributed by atoms with Crippen molar-refractivity contribution < 1.29 is 23.5 Å². The number of halogens is 1. The van der Waals surface area contributed by atoms with E-state index in [0.717, 1.165) is 17.4 Å². The van der Waals surface area contributed by atoms with Gasteiger partial charge in [-0.1, -0.05) is 42.1 Å². The summed E-state index contributed by atoms with van der Waals surface area (Å²) in [6.45, 7) is 1.63. The molecule has 2 heterocycles. The van der Waals surface area contributed by atoms with E-state index in [-0.39, 0.29) is 18.3 Å². The van der Waals surface area contributed by atoms with E-state index in [1.807, 2.05) is 30.3 Å². The molecule has 1 fully saturated rings. The molecular weight excluding hydrogens is 435 g/mol. The van der Waals surface area contributed by atoms with Crippen molar-refractivity contribution in [3.63, 3.8) is 0 Å². The predicted octanol–water partition coefficient (Wildman–Crippen LogP) is 2.57. The quantitative estimate of drug-likeness (QED) is 0.399. The van der Waals surface area contributed by atoms with Gasteiger partial charge >= 0.3 is 5.97 Å². The minimum absolute atomic E-state index is 0.0708. The van der Waals surface area contributed by atoms with Gasteiger partial charge in [-0.15, -0.1) is 10.2 Å².